The van der Waals surface area contributed by atoms with E-state index in [2.05, 4.69) is 16.0 Å². The number of ether oxygens (including phenoxy) is 1. The van der Waals surface area contributed by atoms with E-state index in [9.17, 15) is 39.1 Å². The van der Waals surface area contributed by atoms with Gasteiger partial charge >= 0.3 is 11.9 Å². The van der Waals surface area contributed by atoms with Crippen molar-refractivity contribution in [3.05, 3.63) is 89.7 Å². The quantitative estimate of drug-likeness (QED) is 0.0354. The number of amides is 4. The monoisotopic (exact) mass is 716 g/mol. The van der Waals surface area contributed by atoms with Gasteiger partial charge < -0.3 is 35.3 Å². The summed E-state index contributed by atoms with van der Waals surface area (Å²) in [5.74, 6) is -5.48. The number of rotatable bonds is 19. The number of nitrogens with one attached hydrogen (secondary N) is 3. The molecule has 274 valence electrons. The summed E-state index contributed by atoms with van der Waals surface area (Å²) in [5, 5.41) is 38.5. The average Bonchev–Trinajstić information content (AvgIpc) is 3.63. The summed E-state index contributed by atoms with van der Waals surface area (Å²) >= 11 is 0. The maximum absolute atomic E-state index is 13.4. The molecule has 0 aliphatic carbocycles. The number of aliphatic carboxylic acids is 2. The Morgan fingerprint density at radius 1 is 0.904 bits per heavy atom. The summed E-state index contributed by atoms with van der Waals surface area (Å²) in [6, 6.07) is 18.6. The lowest BCUT2D eigenvalue weighted by atomic mass is 9.89. The molecule has 0 unspecified atom stereocenters. The first kappa shape index (κ1) is 38.6. The zero-order valence-corrected chi connectivity index (χ0v) is 28.5. The predicted octanol–water partition coefficient (Wildman–Crippen LogP) is 3.83. The Hall–Kier alpha value is -6.22. The highest BCUT2D eigenvalue weighted by atomic mass is 16.5. The Labute approximate surface area is 298 Å². The molecular formula is C37H40N4O11. The molecule has 4 amide bonds. The first-order chi connectivity index (χ1) is 24.9. The first-order valence-corrected chi connectivity index (χ1v) is 16.5. The molecule has 0 radical (unpaired) electrons. The van der Waals surface area contributed by atoms with Gasteiger partial charge in [0.2, 0.25) is 12.3 Å². The van der Waals surface area contributed by atoms with Crippen LogP contribution in [-0.4, -0.2) is 81.9 Å². The minimum absolute atomic E-state index is 0.0409. The standard InChI is InChI=1S/C37H40N4O11/c1-3-29(41(50)21-42)26(13-10-22-9-11-23-7-5-6-8-24(23)17-22)34(45)38-20-39-36(47)31-16-15-30(52-31)25-12-14-27(32(18-25)51-4-2)35(46)40-28(37(48)49)19-33(43)44/h5-9,11-12,14-18,21,26,28-29,50H,3-4,10,13,19-20H2,1-2H3,(H,38,45)(H,39,47)(H,40,46)(H,43,44)(H,48,49)/t26-,28+,29-/m1/s1. The predicted molar refractivity (Wildman–Crippen MR) is 186 cm³/mol. The zero-order valence-electron chi connectivity index (χ0n) is 28.5. The highest BCUT2D eigenvalue weighted by molar-refractivity contribution is 6.00. The summed E-state index contributed by atoms with van der Waals surface area (Å²) in [7, 11) is 0. The van der Waals surface area contributed by atoms with Crippen LogP contribution in [-0.2, 0) is 25.6 Å². The van der Waals surface area contributed by atoms with Gasteiger partial charge in [-0.25, -0.2) is 9.86 Å². The summed E-state index contributed by atoms with van der Waals surface area (Å²) < 4.78 is 11.3. The molecule has 4 aromatic rings. The Bertz CT molecular complexity index is 1920. The van der Waals surface area contributed by atoms with Gasteiger partial charge in [-0.15, -0.1) is 0 Å². The third-order valence-corrected chi connectivity index (χ3v) is 8.36. The minimum atomic E-state index is -1.66. The molecule has 15 heteroatoms. The van der Waals surface area contributed by atoms with Crippen molar-refractivity contribution in [1.82, 2.24) is 21.0 Å². The number of carboxylic acids is 2. The second-order valence-electron chi connectivity index (χ2n) is 11.8. The fourth-order valence-electron chi connectivity index (χ4n) is 5.74. The maximum atomic E-state index is 13.4. The van der Waals surface area contributed by atoms with Gasteiger partial charge in [-0.05, 0) is 66.8 Å². The van der Waals surface area contributed by atoms with Crippen LogP contribution in [0.25, 0.3) is 22.1 Å². The van der Waals surface area contributed by atoms with E-state index in [0.29, 0.717) is 29.9 Å². The van der Waals surface area contributed by atoms with Crippen molar-refractivity contribution < 1.29 is 53.3 Å². The minimum Gasteiger partial charge on any atom is -0.493 e. The molecule has 4 rings (SSSR count). The number of nitrogens with zero attached hydrogens (tertiary/aromatic N) is 1. The van der Waals surface area contributed by atoms with E-state index in [4.69, 9.17) is 14.3 Å². The van der Waals surface area contributed by atoms with Crippen LogP contribution in [0.15, 0.2) is 77.2 Å². The van der Waals surface area contributed by atoms with Gasteiger partial charge in [0.25, 0.3) is 11.8 Å². The molecule has 0 bridgehead atoms. The maximum Gasteiger partial charge on any atom is 0.326 e. The number of hydrogen-bond acceptors (Lipinski definition) is 9. The van der Waals surface area contributed by atoms with Crippen molar-refractivity contribution >= 4 is 46.8 Å². The molecule has 6 N–H and O–H groups in total. The molecule has 15 nitrogen and oxygen atoms in total. The van der Waals surface area contributed by atoms with Crippen LogP contribution >= 0.6 is 0 Å². The number of furan rings is 1. The fraction of sp³-hybridized carbons (Fsp3) is 0.297. The van der Waals surface area contributed by atoms with Gasteiger partial charge in [0.05, 0.1) is 37.2 Å². The number of benzene rings is 3. The molecule has 0 aliphatic rings. The van der Waals surface area contributed by atoms with Crippen LogP contribution in [0.3, 0.4) is 0 Å². The second-order valence-corrected chi connectivity index (χ2v) is 11.8. The summed E-state index contributed by atoms with van der Waals surface area (Å²) in [4.78, 5) is 73.0. The van der Waals surface area contributed by atoms with Crippen molar-refractivity contribution in [2.24, 2.45) is 5.92 Å². The highest BCUT2D eigenvalue weighted by Crippen LogP contribution is 2.29. The van der Waals surface area contributed by atoms with Crippen LogP contribution in [0.2, 0.25) is 0 Å². The third kappa shape index (κ3) is 9.94. The van der Waals surface area contributed by atoms with E-state index in [0.717, 1.165) is 16.3 Å². The van der Waals surface area contributed by atoms with Crippen molar-refractivity contribution in [3.63, 3.8) is 0 Å². The number of fused-ring (bicyclic) bond motifs is 1. The molecule has 0 spiro atoms. The van der Waals surface area contributed by atoms with E-state index in [1.54, 1.807) is 13.8 Å². The summed E-state index contributed by atoms with van der Waals surface area (Å²) in [6.07, 6.45) is 0.555. The molecule has 0 fully saturated rings. The summed E-state index contributed by atoms with van der Waals surface area (Å²) in [5.41, 5.74) is 1.36. The van der Waals surface area contributed by atoms with Crippen LogP contribution in [0, 0.1) is 5.92 Å². The molecule has 3 atom stereocenters. The largest absolute Gasteiger partial charge is 0.493 e. The normalized spacial score (nSPS) is 12.6. The first-order valence-electron chi connectivity index (χ1n) is 16.5. The van der Waals surface area contributed by atoms with E-state index in [1.807, 2.05) is 42.5 Å². The number of hydroxylamine groups is 2. The SMILES string of the molecule is CCOc1cc(-c2ccc(C(=O)NCNC(=O)[C@H](CCc3ccc4ccccc4c3)[C@@H](CC)N(O)C=O)o2)ccc1C(=O)N[C@@H](CC(=O)O)C(=O)O. The van der Waals surface area contributed by atoms with E-state index in [-0.39, 0.29) is 42.5 Å². The van der Waals surface area contributed by atoms with Crippen LogP contribution in [0.1, 0.15) is 59.6 Å². The van der Waals surface area contributed by atoms with Crippen molar-refractivity contribution in [1.29, 1.82) is 0 Å². The van der Waals surface area contributed by atoms with Gasteiger partial charge in [0.1, 0.15) is 17.6 Å². The number of carboxylic acid groups (broad SMARTS) is 2. The van der Waals surface area contributed by atoms with Crippen molar-refractivity contribution in [3.8, 4) is 17.1 Å². The zero-order chi connectivity index (χ0) is 37.8. The molecule has 1 heterocycles. The average molecular weight is 717 g/mol. The lowest BCUT2D eigenvalue weighted by Crippen LogP contribution is -2.47. The Morgan fingerprint density at radius 3 is 2.33 bits per heavy atom. The van der Waals surface area contributed by atoms with E-state index < -0.39 is 54.1 Å². The second kappa shape index (κ2) is 18.1. The van der Waals surface area contributed by atoms with Gasteiger partial charge in [0, 0.05) is 5.56 Å². The molecular weight excluding hydrogens is 676 g/mol. The lowest BCUT2D eigenvalue weighted by Gasteiger charge is -2.29. The van der Waals surface area contributed by atoms with E-state index in [1.165, 1.54) is 30.3 Å². The topological polar surface area (TPSA) is 225 Å². The third-order valence-electron chi connectivity index (χ3n) is 8.36. The number of aryl methyl sites for hydroxylation is 1. The lowest BCUT2D eigenvalue weighted by molar-refractivity contribution is -0.168. The van der Waals surface area contributed by atoms with Crippen LogP contribution < -0.4 is 20.7 Å². The molecule has 1 aromatic heterocycles. The molecule has 3 aromatic carbocycles. The van der Waals surface area contributed by atoms with Crippen LogP contribution in [0.4, 0.5) is 0 Å². The Kier molecular flexibility index (Phi) is 13.5. The van der Waals surface area contributed by atoms with Crippen molar-refractivity contribution in [2.45, 2.75) is 51.6 Å². The van der Waals surface area contributed by atoms with Gasteiger partial charge in [-0.2, -0.15) is 0 Å². The molecule has 0 saturated carbocycles. The van der Waals surface area contributed by atoms with Crippen molar-refractivity contribution in [2.75, 3.05) is 13.3 Å². The van der Waals surface area contributed by atoms with Gasteiger partial charge in [0.15, 0.2) is 5.76 Å². The summed E-state index contributed by atoms with van der Waals surface area (Å²) in [6.45, 7) is 3.29. The number of hydrogen-bond donors (Lipinski definition) is 6. The number of carbonyl (C=O) groups excluding carboxylic acids is 4. The van der Waals surface area contributed by atoms with Crippen LogP contribution in [0.5, 0.6) is 5.75 Å². The highest BCUT2D eigenvalue weighted by Gasteiger charge is 2.31. The van der Waals surface area contributed by atoms with Gasteiger partial charge in [-0.1, -0.05) is 55.5 Å². The smallest absolute Gasteiger partial charge is 0.326 e. The Morgan fingerprint density at radius 2 is 1.65 bits per heavy atom. The molecule has 0 aliphatic heterocycles. The molecule has 52 heavy (non-hydrogen) atoms. The fourth-order valence-corrected chi connectivity index (χ4v) is 5.74. The van der Waals surface area contributed by atoms with Gasteiger partial charge in [-0.3, -0.25) is 29.2 Å². The Balaban J connectivity index is 1.40. The number of carbonyl (C=O) groups is 6. The van der Waals surface area contributed by atoms with E-state index >= 15 is 0 Å². The molecule has 0 saturated heterocycles.